The molecule has 3 heterocycles. The maximum Gasteiger partial charge on any atom is 0.271 e. The number of aromatic nitrogens is 2. The second-order valence-corrected chi connectivity index (χ2v) is 8.12. The number of nitrogens with zero attached hydrogens (tertiary/aromatic N) is 2. The molecule has 5 rings (SSSR count). The van der Waals surface area contributed by atoms with Gasteiger partial charge in [-0.25, -0.2) is 0 Å². The first kappa shape index (κ1) is 18.3. The molecule has 150 valence electrons. The normalized spacial score (nSPS) is 19.4. The number of rotatable bonds is 2. The summed E-state index contributed by atoms with van der Waals surface area (Å²) in [6.45, 7) is 4.06. The van der Waals surface area contributed by atoms with E-state index in [0.29, 0.717) is 32.0 Å². The number of nitrogens with one attached hydrogen (secondary N) is 1. The van der Waals surface area contributed by atoms with Crippen molar-refractivity contribution < 1.29 is 14.3 Å². The first-order chi connectivity index (χ1) is 14.2. The van der Waals surface area contributed by atoms with Crippen molar-refractivity contribution in [3.63, 3.8) is 0 Å². The topological polar surface area (TPSA) is 67.5 Å². The van der Waals surface area contributed by atoms with Gasteiger partial charge in [-0.2, -0.15) is 5.10 Å². The van der Waals surface area contributed by atoms with E-state index in [1.165, 1.54) is 5.39 Å². The summed E-state index contributed by atoms with van der Waals surface area (Å²) in [5.74, 6) is -0.0130. The van der Waals surface area contributed by atoms with Crippen molar-refractivity contribution in [1.82, 2.24) is 15.1 Å². The maximum atomic E-state index is 13.2. The Morgan fingerprint density at radius 1 is 1.00 bits per heavy atom. The van der Waals surface area contributed by atoms with Crippen LogP contribution >= 0.6 is 0 Å². The number of ether oxygens (including phenoxy) is 2. The highest BCUT2D eigenvalue weighted by Gasteiger charge is 2.38. The molecule has 2 aromatic carbocycles. The van der Waals surface area contributed by atoms with Gasteiger partial charge in [-0.3, -0.25) is 9.89 Å². The predicted molar refractivity (Wildman–Crippen MR) is 111 cm³/mol. The van der Waals surface area contributed by atoms with Crippen LogP contribution in [0, 0.1) is 5.41 Å². The first-order valence-corrected chi connectivity index (χ1v) is 10.2. The number of hydrogen-bond acceptors (Lipinski definition) is 4. The molecule has 0 radical (unpaired) electrons. The lowest BCUT2D eigenvalue weighted by Crippen LogP contribution is -2.44. The van der Waals surface area contributed by atoms with Gasteiger partial charge >= 0.3 is 0 Å². The largest absolute Gasteiger partial charge is 0.381 e. The van der Waals surface area contributed by atoms with Crippen LogP contribution in [0.1, 0.15) is 23.3 Å². The van der Waals surface area contributed by atoms with E-state index in [2.05, 4.69) is 34.5 Å². The summed E-state index contributed by atoms with van der Waals surface area (Å²) in [6.07, 6.45) is 1.87. The zero-order chi connectivity index (χ0) is 19.7. The van der Waals surface area contributed by atoms with Gasteiger partial charge in [0, 0.05) is 37.3 Å². The van der Waals surface area contributed by atoms with Crippen LogP contribution in [0.5, 0.6) is 0 Å². The van der Waals surface area contributed by atoms with Crippen LogP contribution in [-0.4, -0.2) is 60.5 Å². The molecule has 2 saturated heterocycles. The van der Waals surface area contributed by atoms with Crippen LogP contribution in [0.25, 0.3) is 22.0 Å². The Hall–Kier alpha value is -2.70. The summed E-state index contributed by atoms with van der Waals surface area (Å²) < 4.78 is 11.4. The Morgan fingerprint density at radius 3 is 2.69 bits per heavy atom. The minimum atomic E-state index is -0.0130. The fourth-order valence-corrected chi connectivity index (χ4v) is 4.37. The lowest BCUT2D eigenvalue weighted by atomic mass is 9.80. The van der Waals surface area contributed by atoms with Crippen LogP contribution in [0.4, 0.5) is 0 Å². The highest BCUT2D eigenvalue weighted by Crippen LogP contribution is 2.34. The van der Waals surface area contributed by atoms with E-state index in [9.17, 15) is 4.79 Å². The van der Waals surface area contributed by atoms with Gasteiger partial charge in [-0.15, -0.1) is 0 Å². The van der Waals surface area contributed by atoms with Crippen LogP contribution in [0.3, 0.4) is 0 Å². The standard InChI is InChI=1S/C23H25N3O3/c27-22(26-9-12-29-16-23(15-26)7-10-28-11-8-23)21-14-20(24-25-21)19-6-5-17-3-1-2-4-18(17)13-19/h1-6,13-14H,7-12,15-16H2,(H,24,25). The molecule has 0 atom stereocenters. The number of carbonyl (C=O) groups is 1. The molecule has 1 aromatic heterocycles. The molecular weight excluding hydrogens is 366 g/mol. The van der Waals surface area contributed by atoms with Crippen molar-refractivity contribution in [2.24, 2.45) is 5.41 Å². The first-order valence-electron chi connectivity index (χ1n) is 10.2. The van der Waals surface area contributed by atoms with Gasteiger partial charge in [-0.05, 0) is 35.7 Å². The molecular formula is C23H25N3O3. The van der Waals surface area contributed by atoms with Crippen LogP contribution in [0.15, 0.2) is 48.5 Å². The Balaban J connectivity index is 1.38. The molecule has 3 aromatic rings. The fourth-order valence-electron chi connectivity index (χ4n) is 4.37. The van der Waals surface area contributed by atoms with Gasteiger partial charge < -0.3 is 14.4 Å². The summed E-state index contributed by atoms with van der Waals surface area (Å²) in [7, 11) is 0. The monoisotopic (exact) mass is 391 g/mol. The molecule has 6 nitrogen and oxygen atoms in total. The number of carbonyl (C=O) groups excluding carboxylic acids is 1. The van der Waals surface area contributed by atoms with Crippen molar-refractivity contribution in [1.29, 1.82) is 0 Å². The molecule has 2 aliphatic rings. The van der Waals surface area contributed by atoms with Gasteiger partial charge in [0.1, 0.15) is 5.69 Å². The molecule has 1 spiro atoms. The minimum Gasteiger partial charge on any atom is -0.381 e. The highest BCUT2D eigenvalue weighted by atomic mass is 16.5. The predicted octanol–water partition coefficient (Wildman–Crippen LogP) is 3.50. The number of aromatic amines is 1. The summed E-state index contributed by atoms with van der Waals surface area (Å²) >= 11 is 0. The average molecular weight is 391 g/mol. The van der Waals surface area contributed by atoms with Crippen molar-refractivity contribution in [2.75, 3.05) is 39.5 Å². The Kier molecular flexibility index (Phi) is 4.81. The van der Waals surface area contributed by atoms with E-state index in [0.717, 1.165) is 42.7 Å². The third-order valence-electron chi connectivity index (χ3n) is 6.13. The average Bonchev–Trinajstić information content (AvgIpc) is 3.17. The maximum absolute atomic E-state index is 13.2. The van der Waals surface area contributed by atoms with E-state index < -0.39 is 0 Å². The van der Waals surface area contributed by atoms with Crippen molar-refractivity contribution >= 4 is 16.7 Å². The molecule has 2 aliphatic heterocycles. The van der Waals surface area contributed by atoms with Crippen LogP contribution in [-0.2, 0) is 9.47 Å². The van der Waals surface area contributed by atoms with Crippen molar-refractivity contribution in [3.05, 3.63) is 54.2 Å². The van der Waals surface area contributed by atoms with Gasteiger partial charge in [0.05, 0.1) is 18.9 Å². The Labute approximate surface area is 169 Å². The number of H-pyrrole nitrogens is 1. The smallest absolute Gasteiger partial charge is 0.271 e. The zero-order valence-electron chi connectivity index (χ0n) is 16.4. The highest BCUT2D eigenvalue weighted by molar-refractivity contribution is 5.94. The van der Waals surface area contributed by atoms with Gasteiger partial charge in [0.25, 0.3) is 5.91 Å². The molecule has 0 aliphatic carbocycles. The number of amides is 1. The SMILES string of the molecule is O=C(c1cc(-c2ccc3ccccc3c2)n[nH]1)N1CCOCC2(CCOCC2)C1. The number of fused-ring (bicyclic) bond motifs is 1. The van der Waals surface area contributed by atoms with E-state index in [4.69, 9.17) is 9.47 Å². The van der Waals surface area contributed by atoms with Crippen molar-refractivity contribution in [3.8, 4) is 11.3 Å². The summed E-state index contributed by atoms with van der Waals surface area (Å²) in [4.78, 5) is 15.1. The van der Waals surface area contributed by atoms with Crippen LogP contribution in [0.2, 0.25) is 0 Å². The van der Waals surface area contributed by atoms with E-state index in [-0.39, 0.29) is 11.3 Å². The van der Waals surface area contributed by atoms with Crippen molar-refractivity contribution in [2.45, 2.75) is 12.8 Å². The lowest BCUT2D eigenvalue weighted by Gasteiger charge is -2.38. The molecule has 0 unspecified atom stereocenters. The Morgan fingerprint density at radius 2 is 1.83 bits per heavy atom. The molecule has 2 fully saturated rings. The molecule has 1 N–H and O–H groups in total. The van der Waals surface area contributed by atoms with Gasteiger partial charge in [0.2, 0.25) is 0 Å². The number of benzene rings is 2. The summed E-state index contributed by atoms with van der Waals surface area (Å²) in [6, 6.07) is 16.3. The fraction of sp³-hybridized carbons (Fsp3) is 0.391. The molecule has 0 saturated carbocycles. The quantitative estimate of drug-likeness (QED) is 0.726. The third kappa shape index (κ3) is 3.66. The van der Waals surface area contributed by atoms with E-state index >= 15 is 0 Å². The summed E-state index contributed by atoms with van der Waals surface area (Å²) in [5, 5.41) is 9.72. The van der Waals surface area contributed by atoms with Crippen LogP contribution < -0.4 is 0 Å². The lowest BCUT2D eigenvalue weighted by molar-refractivity contribution is -0.0304. The third-order valence-corrected chi connectivity index (χ3v) is 6.13. The zero-order valence-corrected chi connectivity index (χ0v) is 16.4. The van der Waals surface area contributed by atoms with E-state index in [1.807, 2.05) is 29.2 Å². The molecule has 29 heavy (non-hydrogen) atoms. The molecule has 1 amide bonds. The van der Waals surface area contributed by atoms with Gasteiger partial charge in [0.15, 0.2) is 0 Å². The summed E-state index contributed by atoms with van der Waals surface area (Å²) in [5.41, 5.74) is 2.31. The van der Waals surface area contributed by atoms with Gasteiger partial charge in [-0.1, -0.05) is 36.4 Å². The number of hydrogen-bond donors (Lipinski definition) is 1. The second-order valence-electron chi connectivity index (χ2n) is 8.12. The molecule has 0 bridgehead atoms. The second kappa shape index (κ2) is 7.61. The Bertz CT molecular complexity index is 1020. The van der Waals surface area contributed by atoms with E-state index in [1.54, 1.807) is 0 Å². The molecule has 6 heteroatoms. The minimum absolute atomic E-state index is 0.00556.